The summed E-state index contributed by atoms with van der Waals surface area (Å²) in [6, 6.07) is 5.48. The second-order valence-corrected chi connectivity index (χ2v) is 4.15. The first-order chi connectivity index (χ1) is 7.20. The van der Waals surface area contributed by atoms with Gasteiger partial charge in [0.05, 0.1) is 16.9 Å². The summed E-state index contributed by atoms with van der Waals surface area (Å²) >= 11 is 17.5. The van der Waals surface area contributed by atoms with Gasteiger partial charge in [0, 0.05) is 17.1 Å². The molecule has 0 spiro atoms. The van der Waals surface area contributed by atoms with Gasteiger partial charge in [0.15, 0.2) is 0 Å². The van der Waals surface area contributed by atoms with Crippen molar-refractivity contribution in [2.75, 3.05) is 0 Å². The van der Waals surface area contributed by atoms with Crippen LogP contribution in [0.2, 0.25) is 10.0 Å². The molecule has 0 aliphatic carbocycles. The van der Waals surface area contributed by atoms with Crippen molar-refractivity contribution in [2.24, 2.45) is 0 Å². The van der Waals surface area contributed by atoms with E-state index in [9.17, 15) is 0 Å². The largest absolute Gasteiger partial charge is 0.239 e. The molecule has 2 rings (SSSR count). The Bertz CT molecular complexity index is 479. The van der Waals surface area contributed by atoms with Crippen LogP contribution in [-0.2, 0) is 5.88 Å². The molecule has 1 aromatic heterocycles. The standard InChI is InChI=1S/C10H7Cl3N2/c11-4-7-3-8(12)1-2-10(7)15-6-9(13)5-14-15/h1-3,5-6H,4H2. The van der Waals surface area contributed by atoms with E-state index in [1.807, 2.05) is 12.1 Å². The maximum atomic E-state index is 5.87. The summed E-state index contributed by atoms with van der Waals surface area (Å²) in [4.78, 5) is 0. The lowest BCUT2D eigenvalue weighted by Crippen LogP contribution is -1.98. The van der Waals surface area contributed by atoms with Crippen LogP contribution in [0, 0.1) is 0 Å². The third-order valence-electron chi connectivity index (χ3n) is 1.98. The number of alkyl halides is 1. The van der Waals surface area contributed by atoms with Crippen LogP contribution in [0.3, 0.4) is 0 Å². The van der Waals surface area contributed by atoms with Crippen LogP contribution in [0.5, 0.6) is 0 Å². The van der Waals surface area contributed by atoms with Gasteiger partial charge in [-0.3, -0.25) is 0 Å². The summed E-state index contributed by atoms with van der Waals surface area (Å²) in [5.41, 5.74) is 1.81. The molecule has 15 heavy (non-hydrogen) atoms. The Morgan fingerprint density at radius 3 is 2.60 bits per heavy atom. The zero-order valence-electron chi connectivity index (χ0n) is 7.62. The van der Waals surface area contributed by atoms with Gasteiger partial charge >= 0.3 is 0 Å². The van der Waals surface area contributed by atoms with Crippen molar-refractivity contribution in [1.29, 1.82) is 0 Å². The van der Waals surface area contributed by atoms with Crippen molar-refractivity contribution in [2.45, 2.75) is 5.88 Å². The van der Waals surface area contributed by atoms with Crippen molar-refractivity contribution < 1.29 is 0 Å². The Morgan fingerprint density at radius 1 is 1.20 bits per heavy atom. The Kier molecular flexibility index (Phi) is 3.19. The molecular formula is C10H7Cl3N2. The van der Waals surface area contributed by atoms with E-state index in [1.165, 1.54) is 0 Å². The van der Waals surface area contributed by atoms with Crippen LogP contribution in [0.15, 0.2) is 30.6 Å². The van der Waals surface area contributed by atoms with Gasteiger partial charge in [-0.2, -0.15) is 5.10 Å². The number of hydrogen-bond donors (Lipinski definition) is 0. The minimum atomic E-state index is 0.382. The highest BCUT2D eigenvalue weighted by Gasteiger charge is 2.05. The van der Waals surface area contributed by atoms with Crippen molar-refractivity contribution in [3.8, 4) is 5.69 Å². The van der Waals surface area contributed by atoms with E-state index in [-0.39, 0.29) is 0 Å². The van der Waals surface area contributed by atoms with Crippen LogP contribution in [-0.4, -0.2) is 9.78 Å². The Labute approximate surface area is 102 Å². The third kappa shape index (κ3) is 2.28. The average Bonchev–Trinajstić information content (AvgIpc) is 2.64. The summed E-state index contributed by atoms with van der Waals surface area (Å²) < 4.78 is 1.68. The normalized spacial score (nSPS) is 10.6. The maximum Gasteiger partial charge on any atom is 0.0790 e. The minimum absolute atomic E-state index is 0.382. The molecule has 0 saturated heterocycles. The number of benzene rings is 1. The van der Waals surface area contributed by atoms with E-state index in [0.29, 0.717) is 15.9 Å². The summed E-state index contributed by atoms with van der Waals surface area (Å²) in [5, 5.41) is 5.36. The molecule has 0 bridgehead atoms. The number of halogens is 3. The van der Waals surface area contributed by atoms with Crippen LogP contribution in [0.1, 0.15) is 5.56 Å². The lowest BCUT2D eigenvalue weighted by Gasteiger charge is -2.07. The average molecular weight is 262 g/mol. The van der Waals surface area contributed by atoms with Crippen LogP contribution >= 0.6 is 34.8 Å². The Balaban J connectivity index is 2.52. The van der Waals surface area contributed by atoms with Crippen molar-refractivity contribution in [3.63, 3.8) is 0 Å². The molecule has 2 aromatic rings. The second kappa shape index (κ2) is 4.44. The molecule has 0 N–H and O–H groups in total. The minimum Gasteiger partial charge on any atom is -0.239 e. The number of hydrogen-bond acceptors (Lipinski definition) is 1. The molecule has 1 heterocycles. The van der Waals surface area contributed by atoms with Gasteiger partial charge in [-0.15, -0.1) is 11.6 Å². The van der Waals surface area contributed by atoms with Crippen LogP contribution in [0.4, 0.5) is 0 Å². The molecule has 0 saturated carbocycles. The van der Waals surface area contributed by atoms with Gasteiger partial charge in [-0.25, -0.2) is 4.68 Å². The molecule has 0 fully saturated rings. The smallest absolute Gasteiger partial charge is 0.0790 e. The predicted octanol–water partition coefficient (Wildman–Crippen LogP) is 3.92. The fraction of sp³-hybridized carbons (Fsp3) is 0.100. The SMILES string of the molecule is ClCc1cc(Cl)ccc1-n1cc(Cl)cn1. The van der Waals surface area contributed by atoms with E-state index < -0.39 is 0 Å². The molecule has 78 valence electrons. The summed E-state index contributed by atoms with van der Waals surface area (Å²) in [6.45, 7) is 0. The molecule has 5 heteroatoms. The van der Waals surface area contributed by atoms with Crippen molar-refractivity contribution >= 4 is 34.8 Å². The summed E-state index contributed by atoms with van der Waals surface area (Å²) in [5.74, 6) is 0.382. The first-order valence-corrected chi connectivity index (χ1v) is 5.54. The van der Waals surface area contributed by atoms with Gasteiger partial charge in [-0.1, -0.05) is 23.2 Å². The van der Waals surface area contributed by atoms with E-state index in [1.54, 1.807) is 23.1 Å². The zero-order chi connectivity index (χ0) is 10.8. The van der Waals surface area contributed by atoms with Crippen LogP contribution < -0.4 is 0 Å². The van der Waals surface area contributed by atoms with Crippen molar-refractivity contribution in [3.05, 3.63) is 46.2 Å². The monoisotopic (exact) mass is 260 g/mol. The van der Waals surface area contributed by atoms with Gasteiger partial charge in [-0.05, 0) is 23.8 Å². The van der Waals surface area contributed by atoms with Gasteiger partial charge in [0.2, 0.25) is 0 Å². The predicted molar refractivity (Wildman–Crippen MR) is 63.1 cm³/mol. The number of rotatable bonds is 2. The Morgan fingerprint density at radius 2 is 2.00 bits per heavy atom. The molecule has 2 nitrogen and oxygen atoms in total. The summed E-state index contributed by atoms with van der Waals surface area (Å²) in [6.07, 6.45) is 3.30. The quantitative estimate of drug-likeness (QED) is 0.749. The number of aromatic nitrogens is 2. The van der Waals surface area contributed by atoms with E-state index in [2.05, 4.69) is 5.10 Å². The number of nitrogens with zero attached hydrogens (tertiary/aromatic N) is 2. The first kappa shape index (κ1) is 10.8. The zero-order valence-corrected chi connectivity index (χ0v) is 9.89. The van der Waals surface area contributed by atoms with E-state index >= 15 is 0 Å². The molecular weight excluding hydrogens is 254 g/mol. The highest BCUT2D eigenvalue weighted by atomic mass is 35.5. The van der Waals surface area contributed by atoms with E-state index in [0.717, 1.165) is 11.3 Å². The lowest BCUT2D eigenvalue weighted by atomic mass is 10.2. The topological polar surface area (TPSA) is 17.8 Å². The highest BCUT2D eigenvalue weighted by Crippen LogP contribution is 2.22. The fourth-order valence-corrected chi connectivity index (χ4v) is 1.86. The molecule has 0 aliphatic heterocycles. The van der Waals surface area contributed by atoms with Gasteiger partial charge in [0.1, 0.15) is 0 Å². The lowest BCUT2D eigenvalue weighted by molar-refractivity contribution is 0.871. The first-order valence-electron chi connectivity index (χ1n) is 4.25. The third-order valence-corrected chi connectivity index (χ3v) is 2.70. The molecule has 0 amide bonds. The van der Waals surface area contributed by atoms with Crippen molar-refractivity contribution in [1.82, 2.24) is 9.78 Å². The molecule has 0 aliphatic rings. The molecule has 0 unspecified atom stereocenters. The molecule has 0 radical (unpaired) electrons. The fourth-order valence-electron chi connectivity index (χ4n) is 1.32. The van der Waals surface area contributed by atoms with E-state index in [4.69, 9.17) is 34.8 Å². The molecule has 1 aromatic carbocycles. The maximum absolute atomic E-state index is 5.87. The highest BCUT2D eigenvalue weighted by molar-refractivity contribution is 6.31. The van der Waals surface area contributed by atoms with Gasteiger partial charge < -0.3 is 0 Å². The van der Waals surface area contributed by atoms with Gasteiger partial charge in [0.25, 0.3) is 0 Å². The summed E-state index contributed by atoms with van der Waals surface area (Å²) in [7, 11) is 0. The Hall–Kier alpha value is -0.700. The second-order valence-electron chi connectivity index (χ2n) is 3.01. The van der Waals surface area contributed by atoms with Crippen LogP contribution in [0.25, 0.3) is 5.69 Å². The molecule has 0 atom stereocenters.